The predicted octanol–water partition coefficient (Wildman–Crippen LogP) is 2.81. The SMILES string of the molecule is O=C(C[C@H](CF)[C@H](O)c1ccc(-c2ccc(C3(O)COC3)nc2)cc1)C(F)F. The molecular weight excluding hydrogens is 375 g/mol. The molecule has 1 fully saturated rings. The van der Waals surface area contributed by atoms with Crippen LogP contribution < -0.4 is 0 Å². The molecule has 0 aliphatic carbocycles. The number of aliphatic hydroxyl groups is 2. The number of ketones is 1. The Labute approximate surface area is 159 Å². The van der Waals surface area contributed by atoms with E-state index in [0.29, 0.717) is 11.3 Å². The fraction of sp³-hybridized carbons (Fsp3) is 0.400. The maximum Gasteiger partial charge on any atom is 0.295 e. The van der Waals surface area contributed by atoms with Gasteiger partial charge in [-0.2, -0.15) is 0 Å². The van der Waals surface area contributed by atoms with Crippen LogP contribution in [0.4, 0.5) is 13.2 Å². The number of hydrogen-bond acceptors (Lipinski definition) is 5. The quantitative estimate of drug-likeness (QED) is 0.719. The van der Waals surface area contributed by atoms with Crippen LogP contribution in [0.5, 0.6) is 0 Å². The molecule has 2 aromatic rings. The van der Waals surface area contributed by atoms with Crippen LogP contribution in [0.2, 0.25) is 0 Å². The van der Waals surface area contributed by atoms with Crippen LogP contribution in [-0.2, 0) is 15.1 Å². The number of aliphatic hydroxyl groups excluding tert-OH is 1. The van der Waals surface area contributed by atoms with Crippen molar-refractivity contribution in [2.75, 3.05) is 19.9 Å². The molecule has 0 bridgehead atoms. The van der Waals surface area contributed by atoms with Crippen LogP contribution >= 0.6 is 0 Å². The van der Waals surface area contributed by atoms with Crippen molar-refractivity contribution in [2.24, 2.45) is 5.92 Å². The van der Waals surface area contributed by atoms with E-state index in [1.54, 1.807) is 42.6 Å². The molecule has 1 aromatic heterocycles. The third-order valence-corrected chi connectivity index (χ3v) is 4.86. The largest absolute Gasteiger partial charge is 0.388 e. The van der Waals surface area contributed by atoms with Gasteiger partial charge in [0.05, 0.1) is 31.7 Å². The Morgan fingerprint density at radius 2 is 1.79 bits per heavy atom. The molecule has 1 aliphatic rings. The van der Waals surface area contributed by atoms with Gasteiger partial charge in [-0.05, 0) is 17.2 Å². The minimum Gasteiger partial charge on any atom is -0.388 e. The number of halogens is 3. The van der Waals surface area contributed by atoms with Crippen LogP contribution in [-0.4, -0.2) is 47.3 Å². The summed E-state index contributed by atoms with van der Waals surface area (Å²) in [4.78, 5) is 15.4. The molecule has 0 spiro atoms. The lowest BCUT2D eigenvalue weighted by Gasteiger charge is -2.35. The van der Waals surface area contributed by atoms with Crippen LogP contribution in [0.15, 0.2) is 42.6 Å². The topological polar surface area (TPSA) is 79.7 Å². The Hall–Kier alpha value is -2.29. The highest BCUT2D eigenvalue weighted by molar-refractivity contribution is 5.81. The van der Waals surface area contributed by atoms with E-state index < -0.39 is 42.9 Å². The summed E-state index contributed by atoms with van der Waals surface area (Å²) in [6.45, 7) is -0.676. The lowest BCUT2D eigenvalue weighted by Crippen LogP contribution is -2.47. The molecule has 2 heterocycles. The lowest BCUT2D eigenvalue weighted by atomic mass is 9.91. The van der Waals surface area contributed by atoms with Crippen LogP contribution in [0, 0.1) is 5.92 Å². The molecule has 1 aromatic carbocycles. The van der Waals surface area contributed by atoms with Crippen LogP contribution in [0.3, 0.4) is 0 Å². The van der Waals surface area contributed by atoms with Crippen molar-refractivity contribution >= 4 is 5.78 Å². The van der Waals surface area contributed by atoms with Crippen molar-refractivity contribution in [3.8, 4) is 11.1 Å². The zero-order chi connectivity index (χ0) is 20.3. The number of ether oxygens (including phenoxy) is 1. The van der Waals surface area contributed by atoms with E-state index in [9.17, 15) is 28.2 Å². The van der Waals surface area contributed by atoms with E-state index in [2.05, 4.69) is 4.98 Å². The van der Waals surface area contributed by atoms with Crippen molar-refractivity contribution < 1.29 is 32.9 Å². The van der Waals surface area contributed by atoms with Crippen molar-refractivity contribution in [3.63, 3.8) is 0 Å². The molecule has 1 saturated heterocycles. The third-order valence-electron chi connectivity index (χ3n) is 4.86. The Kier molecular flexibility index (Phi) is 6.12. The third kappa shape index (κ3) is 4.24. The van der Waals surface area contributed by atoms with Gasteiger partial charge in [-0.25, -0.2) is 8.78 Å². The number of pyridine rings is 1. The summed E-state index contributed by atoms with van der Waals surface area (Å²) in [6.07, 6.45) is -3.67. The van der Waals surface area contributed by atoms with Gasteiger partial charge in [0, 0.05) is 24.1 Å². The number of Topliss-reactive ketones (excluding diaryl/α,β-unsaturated/α-hetero) is 1. The standard InChI is InChI=1S/C20H20F3NO4/c21-8-15(7-16(25)19(22)23)18(26)13-3-1-12(2-4-13)14-5-6-17(24-9-14)20(27)10-28-11-20/h1-6,9,15,18-19,26-27H,7-8,10-11H2/t15-,18-/m1/s1. The van der Waals surface area contributed by atoms with Crippen molar-refractivity contribution in [3.05, 3.63) is 53.9 Å². The number of alkyl halides is 3. The van der Waals surface area contributed by atoms with Crippen molar-refractivity contribution in [1.82, 2.24) is 4.98 Å². The van der Waals surface area contributed by atoms with Gasteiger partial charge in [0.25, 0.3) is 6.43 Å². The van der Waals surface area contributed by atoms with Gasteiger partial charge in [0.1, 0.15) is 0 Å². The fourth-order valence-corrected chi connectivity index (χ4v) is 3.03. The van der Waals surface area contributed by atoms with Gasteiger partial charge in [0.2, 0.25) is 0 Å². The smallest absolute Gasteiger partial charge is 0.295 e. The molecule has 28 heavy (non-hydrogen) atoms. The number of rotatable bonds is 8. The molecule has 0 saturated carbocycles. The predicted molar refractivity (Wildman–Crippen MR) is 94.4 cm³/mol. The van der Waals surface area contributed by atoms with Gasteiger partial charge < -0.3 is 14.9 Å². The average Bonchev–Trinajstić information content (AvgIpc) is 2.69. The van der Waals surface area contributed by atoms with E-state index in [-0.39, 0.29) is 13.2 Å². The first-order valence-corrected chi connectivity index (χ1v) is 8.76. The molecule has 2 N–H and O–H groups in total. The van der Waals surface area contributed by atoms with Gasteiger partial charge in [-0.15, -0.1) is 0 Å². The highest BCUT2D eigenvalue weighted by Crippen LogP contribution is 2.31. The van der Waals surface area contributed by atoms with Crippen LogP contribution in [0.25, 0.3) is 11.1 Å². The van der Waals surface area contributed by atoms with Gasteiger partial charge in [-0.3, -0.25) is 14.2 Å². The second-order valence-corrected chi connectivity index (χ2v) is 6.91. The number of benzene rings is 1. The second kappa shape index (κ2) is 8.38. The number of nitrogens with zero attached hydrogens (tertiary/aromatic N) is 1. The lowest BCUT2D eigenvalue weighted by molar-refractivity contribution is -0.186. The number of carbonyl (C=O) groups excluding carboxylic acids is 1. The summed E-state index contributed by atoms with van der Waals surface area (Å²) >= 11 is 0. The maximum absolute atomic E-state index is 13.1. The highest BCUT2D eigenvalue weighted by Gasteiger charge is 2.39. The zero-order valence-corrected chi connectivity index (χ0v) is 14.9. The average molecular weight is 395 g/mol. The molecular formula is C20H20F3NO4. The Morgan fingerprint density at radius 3 is 2.25 bits per heavy atom. The first-order valence-electron chi connectivity index (χ1n) is 8.76. The van der Waals surface area contributed by atoms with E-state index in [0.717, 1.165) is 11.1 Å². The zero-order valence-electron chi connectivity index (χ0n) is 14.9. The fourth-order valence-electron chi connectivity index (χ4n) is 3.03. The molecule has 8 heteroatoms. The molecule has 150 valence electrons. The molecule has 0 unspecified atom stereocenters. The second-order valence-electron chi connectivity index (χ2n) is 6.91. The summed E-state index contributed by atoms with van der Waals surface area (Å²) in [6, 6.07) is 9.96. The molecule has 5 nitrogen and oxygen atoms in total. The summed E-state index contributed by atoms with van der Waals surface area (Å²) in [5.41, 5.74) is 1.34. The summed E-state index contributed by atoms with van der Waals surface area (Å²) in [5.74, 6) is -2.61. The monoisotopic (exact) mass is 395 g/mol. The first kappa shape index (κ1) is 20.4. The molecule has 2 atom stereocenters. The molecule has 3 rings (SSSR count). The van der Waals surface area contributed by atoms with E-state index >= 15 is 0 Å². The molecule has 0 radical (unpaired) electrons. The molecule has 0 amide bonds. The van der Waals surface area contributed by atoms with E-state index in [4.69, 9.17) is 4.74 Å². The summed E-state index contributed by atoms with van der Waals surface area (Å²) < 4.78 is 42.9. The Balaban J connectivity index is 1.71. The normalized spacial score (nSPS) is 17.8. The summed E-state index contributed by atoms with van der Waals surface area (Å²) in [7, 11) is 0. The van der Waals surface area contributed by atoms with Crippen molar-refractivity contribution in [1.29, 1.82) is 0 Å². The maximum atomic E-state index is 13.1. The summed E-state index contributed by atoms with van der Waals surface area (Å²) in [5, 5.41) is 20.4. The number of aromatic nitrogens is 1. The van der Waals surface area contributed by atoms with Crippen LogP contribution in [0.1, 0.15) is 23.8 Å². The number of carbonyl (C=O) groups is 1. The van der Waals surface area contributed by atoms with Gasteiger partial charge in [-0.1, -0.05) is 30.3 Å². The van der Waals surface area contributed by atoms with Gasteiger partial charge in [0.15, 0.2) is 11.4 Å². The van der Waals surface area contributed by atoms with E-state index in [1.807, 2.05) is 0 Å². The minimum absolute atomic E-state index is 0.204. The van der Waals surface area contributed by atoms with E-state index in [1.165, 1.54) is 0 Å². The Morgan fingerprint density at radius 1 is 1.14 bits per heavy atom. The van der Waals surface area contributed by atoms with Crippen molar-refractivity contribution in [2.45, 2.75) is 24.6 Å². The van der Waals surface area contributed by atoms with Gasteiger partial charge >= 0.3 is 0 Å². The highest BCUT2D eigenvalue weighted by atomic mass is 19.3. The molecule has 1 aliphatic heterocycles. The number of hydrogen-bond donors (Lipinski definition) is 2. The first-order chi connectivity index (χ1) is 13.3. The Bertz CT molecular complexity index is 807. The minimum atomic E-state index is -3.18.